The molecule has 19 heavy (non-hydrogen) atoms. The highest BCUT2D eigenvalue weighted by Crippen LogP contribution is 2.36. The van der Waals surface area contributed by atoms with Crippen LogP contribution in [-0.4, -0.2) is 23.8 Å². The summed E-state index contributed by atoms with van der Waals surface area (Å²) in [7, 11) is 1.37. The van der Waals surface area contributed by atoms with Crippen molar-refractivity contribution < 1.29 is 14.3 Å². The molecule has 0 aliphatic heterocycles. The minimum atomic E-state index is -0.339. The largest absolute Gasteiger partial charge is 0.465 e. The summed E-state index contributed by atoms with van der Waals surface area (Å²) in [4.78, 5) is 26.1. The molecule has 1 saturated carbocycles. The summed E-state index contributed by atoms with van der Waals surface area (Å²) in [6, 6.07) is 5.49. The zero-order valence-electron chi connectivity index (χ0n) is 10.7. The molecule has 2 aromatic rings. The van der Waals surface area contributed by atoms with Crippen LogP contribution < -0.4 is 0 Å². The lowest BCUT2D eigenvalue weighted by Gasteiger charge is -2.06. The van der Waals surface area contributed by atoms with Crippen LogP contribution in [0.15, 0.2) is 24.4 Å². The van der Waals surface area contributed by atoms with Gasteiger partial charge in [-0.1, -0.05) is 6.07 Å². The Morgan fingerprint density at radius 3 is 2.95 bits per heavy atom. The number of aromatic nitrogens is 1. The lowest BCUT2D eigenvalue weighted by atomic mass is 9.97. The van der Waals surface area contributed by atoms with E-state index in [2.05, 4.69) is 4.98 Å². The highest BCUT2D eigenvalue weighted by Gasteiger charge is 2.25. The molecule has 1 aromatic heterocycles. The minimum Gasteiger partial charge on any atom is -0.465 e. The predicted octanol–water partition coefficient (Wildman–Crippen LogP) is 2.79. The van der Waals surface area contributed by atoms with Gasteiger partial charge in [0.1, 0.15) is 5.78 Å². The second-order valence-electron chi connectivity index (χ2n) is 4.97. The van der Waals surface area contributed by atoms with Gasteiger partial charge < -0.3 is 9.72 Å². The Hall–Kier alpha value is -2.10. The van der Waals surface area contributed by atoms with Crippen molar-refractivity contribution in [2.75, 3.05) is 7.11 Å². The Labute approximate surface area is 110 Å². The standard InChI is InChI=1S/C15H15NO3/c1-19-15(18)10-3-5-12-13(8-16-14(12)7-10)9-2-4-11(17)6-9/h3,5,7-9,16H,2,4,6H2,1H3. The van der Waals surface area contributed by atoms with Crippen LogP contribution in [0.5, 0.6) is 0 Å². The Morgan fingerprint density at radius 1 is 1.42 bits per heavy atom. The third kappa shape index (κ3) is 2.03. The highest BCUT2D eigenvalue weighted by atomic mass is 16.5. The molecule has 0 radical (unpaired) electrons. The lowest BCUT2D eigenvalue weighted by Crippen LogP contribution is -2.00. The van der Waals surface area contributed by atoms with Crippen molar-refractivity contribution in [2.45, 2.75) is 25.2 Å². The van der Waals surface area contributed by atoms with E-state index >= 15 is 0 Å². The number of rotatable bonds is 2. The fraction of sp³-hybridized carbons (Fsp3) is 0.333. The van der Waals surface area contributed by atoms with Crippen molar-refractivity contribution in [2.24, 2.45) is 0 Å². The Bertz CT molecular complexity index is 656. The summed E-state index contributed by atoms with van der Waals surface area (Å²) in [5.41, 5.74) is 2.63. The number of H-pyrrole nitrogens is 1. The summed E-state index contributed by atoms with van der Waals surface area (Å²) in [5.74, 6) is 0.310. The molecule has 1 fully saturated rings. The first-order valence-electron chi connectivity index (χ1n) is 6.40. The minimum absolute atomic E-state index is 0.310. The van der Waals surface area contributed by atoms with Crippen LogP contribution in [0.1, 0.15) is 41.1 Å². The second-order valence-corrected chi connectivity index (χ2v) is 4.97. The molecular formula is C15H15NO3. The van der Waals surface area contributed by atoms with E-state index in [1.807, 2.05) is 12.3 Å². The van der Waals surface area contributed by atoms with Gasteiger partial charge in [0.25, 0.3) is 0 Å². The number of carbonyl (C=O) groups excluding carboxylic acids is 2. The van der Waals surface area contributed by atoms with E-state index in [1.54, 1.807) is 12.1 Å². The number of ketones is 1. The summed E-state index contributed by atoms with van der Waals surface area (Å²) in [6.45, 7) is 0. The summed E-state index contributed by atoms with van der Waals surface area (Å²) in [6.07, 6.45) is 4.18. The molecule has 3 rings (SSSR count). The van der Waals surface area contributed by atoms with Crippen molar-refractivity contribution in [1.82, 2.24) is 4.98 Å². The Kier molecular flexibility index (Phi) is 2.85. The maximum Gasteiger partial charge on any atom is 0.337 e. The van der Waals surface area contributed by atoms with E-state index in [0.29, 0.717) is 30.1 Å². The molecule has 98 valence electrons. The van der Waals surface area contributed by atoms with Crippen molar-refractivity contribution in [3.05, 3.63) is 35.5 Å². The molecule has 1 aliphatic carbocycles. The van der Waals surface area contributed by atoms with Gasteiger partial charge in [0.05, 0.1) is 12.7 Å². The van der Waals surface area contributed by atoms with E-state index in [1.165, 1.54) is 12.7 Å². The molecule has 0 saturated heterocycles. The van der Waals surface area contributed by atoms with E-state index in [0.717, 1.165) is 17.3 Å². The number of hydrogen-bond acceptors (Lipinski definition) is 3. The van der Waals surface area contributed by atoms with Gasteiger partial charge in [-0.2, -0.15) is 0 Å². The molecule has 1 atom stereocenters. The van der Waals surface area contributed by atoms with Gasteiger partial charge in [-0.25, -0.2) is 4.79 Å². The average molecular weight is 257 g/mol. The second kappa shape index (κ2) is 4.53. The van der Waals surface area contributed by atoms with Crippen LogP contribution >= 0.6 is 0 Å². The molecule has 4 heteroatoms. The van der Waals surface area contributed by atoms with Crippen molar-refractivity contribution >= 4 is 22.7 Å². The molecule has 0 amide bonds. The Morgan fingerprint density at radius 2 is 2.26 bits per heavy atom. The summed E-state index contributed by atoms with van der Waals surface area (Å²) >= 11 is 0. The van der Waals surface area contributed by atoms with Crippen molar-refractivity contribution in [3.63, 3.8) is 0 Å². The average Bonchev–Trinajstić information content (AvgIpc) is 3.02. The van der Waals surface area contributed by atoms with Crippen LogP contribution in [0.25, 0.3) is 10.9 Å². The first kappa shape index (κ1) is 12.0. The Balaban J connectivity index is 2.00. The molecular weight excluding hydrogens is 242 g/mol. The molecule has 1 unspecified atom stereocenters. The van der Waals surface area contributed by atoms with E-state index in [-0.39, 0.29) is 5.97 Å². The molecule has 4 nitrogen and oxygen atoms in total. The van der Waals surface area contributed by atoms with Gasteiger partial charge in [0.2, 0.25) is 0 Å². The maximum absolute atomic E-state index is 11.5. The number of carbonyl (C=O) groups is 2. The smallest absolute Gasteiger partial charge is 0.337 e. The lowest BCUT2D eigenvalue weighted by molar-refractivity contribution is -0.117. The predicted molar refractivity (Wildman–Crippen MR) is 71.2 cm³/mol. The molecule has 0 bridgehead atoms. The van der Waals surface area contributed by atoms with E-state index in [4.69, 9.17) is 4.74 Å². The first-order chi connectivity index (χ1) is 9.19. The van der Waals surface area contributed by atoms with Gasteiger partial charge in [0.15, 0.2) is 0 Å². The number of benzene rings is 1. The fourth-order valence-corrected chi connectivity index (χ4v) is 2.81. The molecule has 0 spiro atoms. The number of aromatic amines is 1. The van der Waals surface area contributed by atoms with Crippen LogP contribution in [0.4, 0.5) is 0 Å². The van der Waals surface area contributed by atoms with Gasteiger partial charge in [-0.3, -0.25) is 4.79 Å². The number of ether oxygens (including phenoxy) is 1. The molecule has 1 aromatic carbocycles. The third-order valence-electron chi connectivity index (χ3n) is 3.82. The van der Waals surface area contributed by atoms with Crippen LogP contribution in [0.3, 0.4) is 0 Å². The van der Waals surface area contributed by atoms with Crippen LogP contribution in [-0.2, 0) is 9.53 Å². The van der Waals surface area contributed by atoms with Gasteiger partial charge in [-0.05, 0) is 30.0 Å². The van der Waals surface area contributed by atoms with Gasteiger partial charge in [-0.15, -0.1) is 0 Å². The maximum atomic E-state index is 11.5. The van der Waals surface area contributed by atoms with E-state index < -0.39 is 0 Å². The normalized spacial score (nSPS) is 19.0. The number of nitrogens with one attached hydrogen (secondary N) is 1. The number of Topliss-reactive ketones (excluding diaryl/α,β-unsaturated/α-hetero) is 1. The number of fused-ring (bicyclic) bond motifs is 1. The topological polar surface area (TPSA) is 59.2 Å². The third-order valence-corrected chi connectivity index (χ3v) is 3.82. The number of hydrogen-bond donors (Lipinski definition) is 1. The quantitative estimate of drug-likeness (QED) is 0.841. The zero-order chi connectivity index (χ0) is 13.4. The van der Waals surface area contributed by atoms with E-state index in [9.17, 15) is 9.59 Å². The van der Waals surface area contributed by atoms with Gasteiger partial charge >= 0.3 is 5.97 Å². The monoisotopic (exact) mass is 257 g/mol. The van der Waals surface area contributed by atoms with Crippen molar-refractivity contribution in [3.8, 4) is 0 Å². The number of esters is 1. The van der Waals surface area contributed by atoms with Crippen LogP contribution in [0.2, 0.25) is 0 Å². The van der Waals surface area contributed by atoms with Gasteiger partial charge in [0, 0.05) is 29.9 Å². The molecule has 1 N–H and O–H groups in total. The fourth-order valence-electron chi connectivity index (χ4n) is 2.81. The summed E-state index contributed by atoms with van der Waals surface area (Å²) < 4.78 is 4.71. The first-order valence-corrected chi connectivity index (χ1v) is 6.40. The van der Waals surface area contributed by atoms with Crippen LogP contribution in [0, 0.1) is 0 Å². The molecule has 1 heterocycles. The summed E-state index contributed by atoms with van der Waals surface area (Å²) in [5, 5.41) is 1.09. The number of methoxy groups -OCH3 is 1. The molecule has 1 aliphatic rings. The highest BCUT2D eigenvalue weighted by molar-refractivity contribution is 5.95. The SMILES string of the molecule is COC(=O)c1ccc2c(C3CCC(=O)C3)c[nH]c2c1. The van der Waals surface area contributed by atoms with Crippen molar-refractivity contribution in [1.29, 1.82) is 0 Å². The zero-order valence-corrected chi connectivity index (χ0v) is 10.7.